The number of nitrogens with one attached hydrogen (secondary N) is 1. The van der Waals surface area contributed by atoms with Crippen molar-refractivity contribution in [3.05, 3.63) is 58.9 Å². The van der Waals surface area contributed by atoms with Crippen molar-refractivity contribution in [3.63, 3.8) is 0 Å². The molecule has 0 aliphatic carbocycles. The van der Waals surface area contributed by atoms with Crippen LogP contribution in [0.3, 0.4) is 0 Å². The molecule has 0 unspecified atom stereocenters. The van der Waals surface area contributed by atoms with Crippen molar-refractivity contribution in [2.75, 3.05) is 6.54 Å². The quantitative estimate of drug-likeness (QED) is 0.708. The lowest BCUT2D eigenvalue weighted by atomic mass is 10.3. The Labute approximate surface area is 138 Å². The van der Waals surface area contributed by atoms with E-state index in [1.54, 1.807) is 23.7 Å². The summed E-state index contributed by atoms with van der Waals surface area (Å²) >= 11 is 1.60. The molecule has 23 heavy (non-hydrogen) atoms. The van der Waals surface area contributed by atoms with E-state index in [0.717, 1.165) is 22.2 Å². The summed E-state index contributed by atoms with van der Waals surface area (Å²) in [5.74, 6) is 1.55. The molecule has 0 aliphatic rings. The van der Waals surface area contributed by atoms with Crippen LogP contribution in [0, 0.1) is 0 Å². The van der Waals surface area contributed by atoms with Crippen LogP contribution in [0.5, 0.6) is 0 Å². The van der Waals surface area contributed by atoms with Crippen molar-refractivity contribution in [2.24, 2.45) is 7.05 Å². The molecule has 0 spiro atoms. The van der Waals surface area contributed by atoms with E-state index in [9.17, 15) is 4.79 Å². The smallest absolute Gasteiger partial charge is 0.244 e. The number of thiophene rings is 1. The number of carbonyl (C=O) groups is 1. The third-order valence-electron chi connectivity index (χ3n) is 3.34. The zero-order valence-electron chi connectivity index (χ0n) is 12.7. The fourth-order valence-electron chi connectivity index (χ4n) is 2.18. The molecule has 0 atom stereocenters. The largest absolute Gasteiger partial charge is 0.463 e. The van der Waals surface area contributed by atoms with E-state index in [0.29, 0.717) is 13.0 Å². The van der Waals surface area contributed by atoms with Crippen molar-refractivity contribution in [1.82, 2.24) is 14.9 Å². The van der Waals surface area contributed by atoms with Crippen LogP contribution in [0.1, 0.15) is 10.7 Å². The predicted molar refractivity (Wildman–Crippen MR) is 91.0 cm³/mol. The molecule has 5 nitrogen and oxygen atoms in total. The van der Waals surface area contributed by atoms with Gasteiger partial charge < -0.3 is 14.3 Å². The first kappa shape index (κ1) is 15.3. The third-order valence-corrected chi connectivity index (χ3v) is 4.17. The number of rotatable bonds is 6. The van der Waals surface area contributed by atoms with Gasteiger partial charge in [0.05, 0.1) is 6.26 Å². The number of nitrogens with zero attached hydrogens (tertiary/aromatic N) is 2. The van der Waals surface area contributed by atoms with E-state index in [-0.39, 0.29) is 5.91 Å². The molecule has 0 bridgehead atoms. The number of hydrogen-bond donors (Lipinski definition) is 1. The maximum Gasteiger partial charge on any atom is 0.244 e. The molecule has 3 heterocycles. The van der Waals surface area contributed by atoms with Crippen LogP contribution >= 0.6 is 11.3 Å². The number of imidazole rings is 1. The molecule has 0 saturated heterocycles. The molecular formula is C17H17N3O2S. The van der Waals surface area contributed by atoms with Gasteiger partial charge in [-0.3, -0.25) is 4.79 Å². The lowest BCUT2D eigenvalue weighted by Crippen LogP contribution is -2.24. The van der Waals surface area contributed by atoms with Crippen LogP contribution in [0.2, 0.25) is 0 Å². The van der Waals surface area contributed by atoms with Gasteiger partial charge in [0.15, 0.2) is 5.76 Å². The Bertz CT molecular complexity index is 786. The SMILES string of the molecule is Cn1cc(-c2ccco2)nc1CCNC(=O)C=Cc1cccs1. The summed E-state index contributed by atoms with van der Waals surface area (Å²) in [5.41, 5.74) is 0.802. The van der Waals surface area contributed by atoms with Gasteiger partial charge in [0.1, 0.15) is 11.5 Å². The molecule has 3 rings (SSSR count). The minimum Gasteiger partial charge on any atom is -0.463 e. The van der Waals surface area contributed by atoms with Crippen LogP contribution in [0.15, 0.2) is 52.6 Å². The van der Waals surface area contributed by atoms with Crippen molar-refractivity contribution >= 4 is 23.3 Å². The molecule has 0 aromatic carbocycles. The first-order valence-electron chi connectivity index (χ1n) is 7.28. The molecule has 0 fully saturated rings. The molecule has 3 aromatic heterocycles. The topological polar surface area (TPSA) is 60.1 Å². The van der Waals surface area contributed by atoms with Crippen LogP contribution in [0.4, 0.5) is 0 Å². The maximum atomic E-state index is 11.8. The summed E-state index contributed by atoms with van der Waals surface area (Å²) in [4.78, 5) is 17.4. The van der Waals surface area contributed by atoms with Crippen molar-refractivity contribution in [3.8, 4) is 11.5 Å². The van der Waals surface area contributed by atoms with E-state index >= 15 is 0 Å². The van der Waals surface area contributed by atoms with Crippen LogP contribution in [-0.2, 0) is 18.3 Å². The Morgan fingerprint density at radius 1 is 1.43 bits per heavy atom. The summed E-state index contributed by atoms with van der Waals surface area (Å²) < 4.78 is 7.29. The van der Waals surface area contributed by atoms with Crippen molar-refractivity contribution in [1.29, 1.82) is 0 Å². The van der Waals surface area contributed by atoms with E-state index in [1.807, 2.05) is 53.5 Å². The van der Waals surface area contributed by atoms with Gasteiger partial charge in [-0.2, -0.15) is 0 Å². The fourth-order valence-corrected chi connectivity index (χ4v) is 2.80. The van der Waals surface area contributed by atoms with Crippen molar-refractivity contribution < 1.29 is 9.21 Å². The average molecular weight is 327 g/mol. The van der Waals surface area contributed by atoms with Gasteiger partial charge >= 0.3 is 0 Å². The highest BCUT2D eigenvalue weighted by Gasteiger charge is 2.09. The van der Waals surface area contributed by atoms with Gasteiger partial charge in [-0.25, -0.2) is 4.98 Å². The second kappa shape index (κ2) is 7.11. The minimum absolute atomic E-state index is 0.0983. The first-order valence-corrected chi connectivity index (χ1v) is 8.16. The van der Waals surface area contributed by atoms with E-state index in [4.69, 9.17) is 4.42 Å². The van der Waals surface area contributed by atoms with Gasteiger partial charge in [0.2, 0.25) is 5.91 Å². The number of amides is 1. The zero-order chi connectivity index (χ0) is 16.1. The third kappa shape index (κ3) is 3.98. The highest BCUT2D eigenvalue weighted by Crippen LogP contribution is 2.18. The van der Waals surface area contributed by atoms with E-state index in [1.165, 1.54) is 0 Å². The van der Waals surface area contributed by atoms with Gasteiger partial charge in [-0.05, 0) is 29.7 Å². The molecule has 1 N–H and O–H groups in total. The highest BCUT2D eigenvalue weighted by molar-refractivity contribution is 7.10. The molecule has 0 saturated carbocycles. The Morgan fingerprint density at radius 3 is 3.09 bits per heavy atom. The Hall–Kier alpha value is -2.60. The number of aromatic nitrogens is 2. The van der Waals surface area contributed by atoms with Gasteiger partial charge in [0.25, 0.3) is 0 Å². The predicted octanol–water partition coefficient (Wildman–Crippen LogP) is 3.11. The Morgan fingerprint density at radius 2 is 2.35 bits per heavy atom. The lowest BCUT2D eigenvalue weighted by Gasteiger charge is -2.02. The minimum atomic E-state index is -0.0983. The number of furan rings is 1. The monoisotopic (exact) mass is 327 g/mol. The lowest BCUT2D eigenvalue weighted by molar-refractivity contribution is -0.116. The Kier molecular flexibility index (Phi) is 4.73. The molecule has 118 valence electrons. The molecule has 0 radical (unpaired) electrons. The number of carbonyl (C=O) groups excluding carboxylic acids is 1. The zero-order valence-corrected chi connectivity index (χ0v) is 13.5. The Balaban J connectivity index is 1.52. The fraction of sp³-hybridized carbons (Fsp3) is 0.176. The van der Waals surface area contributed by atoms with Gasteiger partial charge in [-0.1, -0.05) is 6.07 Å². The molecular weight excluding hydrogens is 310 g/mol. The average Bonchev–Trinajstić information content (AvgIpc) is 3.28. The molecule has 1 amide bonds. The summed E-state index contributed by atoms with van der Waals surface area (Å²) in [5, 5.41) is 4.85. The maximum absolute atomic E-state index is 11.8. The van der Waals surface area contributed by atoms with Crippen LogP contribution in [0.25, 0.3) is 17.5 Å². The van der Waals surface area contributed by atoms with Gasteiger partial charge in [-0.15, -0.1) is 11.3 Å². The van der Waals surface area contributed by atoms with Crippen molar-refractivity contribution in [2.45, 2.75) is 6.42 Å². The number of aryl methyl sites for hydroxylation is 1. The second-order valence-electron chi connectivity index (χ2n) is 5.02. The van der Waals surface area contributed by atoms with E-state index < -0.39 is 0 Å². The van der Waals surface area contributed by atoms with E-state index in [2.05, 4.69) is 10.3 Å². The normalized spacial score (nSPS) is 11.2. The summed E-state index contributed by atoms with van der Waals surface area (Å²) in [6.45, 7) is 0.538. The molecule has 0 aliphatic heterocycles. The highest BCUT2D eigenvalue weighted by atomic mass is 32.1. The summed E-state index contributed by atoms with van der Waals surface area (Å²) in [6.07, 6.45) is 7.58. The molecule has 3 aromatic rings. The summed E-state index contributed by atoms with van der Waals surface area (Å²) in [7, 11) is 1.94. The standard InChI is InChI=1S/C17H17N3O2S/c1-20-12-14(15-5-2-10-22-15)19-16(20)8-9-18-17(21)7-6-13-4-3-11-23-13/h2-7,10-12H,8-9H2,1H3,(H,18,21). The van der Waals surface area contributed by atoms with Gasteiger partial charge in [0, 0.05) is 37.2 Å². The van der Waals surface area contributed by atoms with Crippen LogP contribution in [-0.4, -0.2) is 22.0 Å². The summed E-state index contributed by atoms with van der Waals surface area (Å²) in [6, 6.07) is 7.64. The van der Waals surface area contributed by atoms with Crippen LogP contribution < -0.4 is 5.32 Å². The molecule has 6 heteroatoms. The second-order valence-corrected chi connectivity index (χ2v) is 6.00. The number of hydrogen-bond acceptors (Lipinski definition) is 4. The first-order chi connectivity index (χ1) is 11.2.